The van der Waals surface area contributed by atoms with Gasteiger partial charge >= 0.3 is 0 Å². The van der Waals surface area contributed by atoms with Crippen LogP contribution in [0.4, 0.5) is 10.5 Å². The first kappa shape index (κ1) is 20.7. The van der Waals surface area contributed by atoms with E-state index in [9.17, 15) is 14.4 Å². The smallest absolute Gasteiger partial charge is 0.295 e. The molecule has 3 rings (SSSR count). The molecule has 0 saturated carbocycles. The van der Waals surface area contributed by atoms with Gasteiger partial charge in [-0.1, -0.05) is 30.0 Å². The highest BCUT2D eigenvalue weighted by Crippen LogP contribution is 2.22. The number of thioether (sulfide) groups is 1. The van der Waals surface area contributed by atoms with Crippen molar-refractivity contribution in [3.05, 3.63) is 46.4 Å². The van der Waals surface area contributed by atoms with Gasteiger partial charge in [-0.05, 0) is 19.1 Å². The highest BCUT2D eigenvalue weighted by Gasteiger charge is 2.20. The minimum Gasteiger partial charge on any atom is -0.379 e. The Balaban J connectivity index is 1.61. The molecular formula is C18H22N4O4S2. The number of carbonyl (C=O) groups is 2. The lowest BCUT2D eigenvalue weighted by atomic mass is 10.3. The SMILES string of the molecule is Cc1c(NC(=O)CSC(=O)SN2CCOCC2)c(=O)n(-c2ccccc2)n1C. The second-order valence-electron chi connectivity index (χ2n) is 6.16. The molecular weight excluding hydrogens is 400 g/mol. The fraction of sp³-hybridized carbons (Fsp3) is 0.389. The molecule has 28 heavy (non-hydrogen) atoms. The van der Waals surface area contributed by atoms with Crippen LogP contribution in [0.25, 0.3) is 5.69 Å². The maximum atomic E-state index is 12.8. The average molecular weight is 423 g/mol. The number of hydrogen-bond donors (Lipinski definition) is 1. The predicted octanol–water partition coefficient (Wildman–Crippen LogP) is 2.26. The van der Waals surface area contributed by atoms with Crippen molar-refractivity contribution in [3.8, 4) is 5.69 Å². The number of nitrogens with zero attached hydrogens (tertiary/aromatic N) is 3. The molecule has 0 aliphatic carbocycles. The van der Waals surface area contributed by atoms with Crippen LogP contribution >= 0.6 is 23.7 Å². The van der Waals surface area contributed by atoms with Gasteiger partial charge in [0.05, 0.1) is 30.3 Å². The number of anilines is 1. The number of rotatable bonds is 5. The minimum atomic E-state index is -0.382. The summed E-state index contributed by atoms with van der Waals surface area (Å²) >= 11 is 2.04. The molecule has 1 aliphatic rings. The van der Waals surface area contributed by atoms with Crippen molar-refractivity contribution in [2.75, 3.05) is 37.4 Å². The largest absolute Gasteiger partial charge is 0.379 e. The van der Waals surface area contributed by atoms with E-state index in [0.717, 1.165) is 23.7 Å². The summed E-state index contributed by atoms with van der Waals surface area (Å²) in [6, 6.07) is 9.21. The van der Waals surface area contributed by atoms with Gasteiger partial charge in [0.25, 0.3) is 10.0 Å². The fourth-order valence-corrected chi connectivity index (χ4v) is 4.35. The van der Waals surface area contributed by atoms with Crippen LogP contribution < -0.4 is 10.9 Å². The third-order valence-corrected chi connectivity index (χ3v) is 6.31. The number of carbonyl (C=O) groups excluding carboxylic acids is 2. The minimum absolute atomic E-state index is 0.0463. The zero-order chi connectivity index (χ0) is 20.1. The van der Waals surface area contributed by atoms with Crippen LogP contribution in [0.3, 0.4) is 0 Å². The molecule has 0 spiro atoms. The number of ether oxygens (including phenoxy) is 1. The highest BCUT2D eigenvalue weighted by molar-refractivity contribution is 8.37. The molecule has 0 bridgehead atoms. The van der Waals surface area contributed by atoms with Gasteiger partial charge in [0.15, 0.2) is 0 Å². The van der Waals surface area contributed by atoms with Gasteiger partial charge in [-0.2, -0.15) is 0 Å². The fourth-order valence-electron chi connectivity index (χ4n) is 2.78. The molecule has 2 heterocycles. The lowest BCUT2D eigenvalue weighted by Crippen LogP contribution is -2.31. The number of para-hydroxylation sites is 1. The van der Waals surface area contributed by atoms with Crippen molar-refractivity contribution in [1.29, 1.82) is 0 Å². The van der Waals surface area contributed by atoms with Crippen molar-refractivity contribution >= 4 is 39.8 Å². The van der Waals surface area contributed by atoms with Crippen LogP contribution in [0.2, 0.25) is 0 Å². The van der Waals surface area contributed by atoms with E-state index in [1.165, 1.54) is 4.68 Å². The summed E-state index contributed by atoms with van der Waals surface area (Å²) in [5.41, 5.74) is 1.27. The summed E-state index contributed by atoms with van der Waals surface area (Å²) < 4.78 is 10.2. The van der Waals surface area contributed by atoms with Gasteiger partial charge < -0.3 is 10.1 Å². The molecule has 1 N–H and O–H groups in total. The maximum absolute atomic E-state index is 12.8. The van der Waals surface area contributed by atoms with E-state index < -0.39 is 0 Å². The van der Waals surface area contributed by atoms with Crippen molar-refractivity contribution < 1.29 is 14.3 Å². The van der Waals surface area contributed by atoms with Crippen molar-refractivity contribution in [2.24, 2.45) is 7.05 Å². The first-order valence-corrected chi connectivity index (χ1v) is 10.5. The van der Waals surface area contributed by atoms with Crippen LogP contribution in [0.5, 0.6) is 0 Å². The van der Waals surface area contributed by atoms with E-state index in [1.54, 1.807) is 18.7 Å². The molecule has 1 saturated heterocycles. The summed E-state index contributed by atoms with van der Waals surface area (Å²) in [5.74, 6) is -0.429. The molecule has 0 atom stereocenters. The van der Waals surface area contributed by atoms with Crippen molar-refractivity contribution in [3.63, 3.8) is 0 Å². The summed E-state index contributed by atoms with van der Waals surface area (Å²) in [6.45, 7) is 4.35. The maximum Gasteiger partial charge on any atom is 0.295 e. The molecule has 0 radical (unpaired) electrons. The summed E-state index contributed by atoms with van der Waals surface area (Å²) in [4.78, 5) is 37.1. The number of morpholine rings is 1. The second kappa shape index (κ2) is 9.46. The first-order chi connectivity index (χ1) is 13.5. The Hall–Kier alpha value is -2.01. The van der Waals surface area contributed by atoms with Crippen LogP contribution in [0.15, 0.2) is 35.1 Å². The summed E-state index contributed by atoms with van der Waals surface area (Å²) in [7, 11) is 1.76. The Bertz CT molecular complexity index is 904. The lowest BCUT2D eigenvalue weighted by molar-refractivity contribution is -0.113. The molecule has 10 heteroatoms. The normalized spacial score (nSPS) is 14.8. The monoisotopic (exact) mass is 422 g/mol. The van der Waals surface area contributed by atoms with E-state index in [1.807, 2.05) is 34.6 Å². The Morgan fingerprint density at radius 3 is 2.54 bits per heavy atom. The van der Waals surface area contributed by atoms with Gasteiger partial charge in [-0.25, -0.2) is 8.99 Å². The molecule has 2 aromatic rings. The van der Waals surface area contributed by atoms with Gasteiger partial charge in [0.2, 0.25) is 5.91 Å². The quantitative estimate of drug-likeness (QED) is 0.740. The van der Waals surface area contributed by atoms with Crippen LogP contribution in [0, 0.1) is 6.92 Å². The molecule has 150 valence electrons. The molecule has 1 fully saturated rings. The van der Waals surface area contributed by atoms with Crippen LogP contribution in [0.1, 0.15) is 5.69 Å². The number of nitrogens with one attached hydrogen (secondary N) is 1. The van der Waals surface area contributed by atoms with E-state index >= 15 is 0 Å². The van der Waals surface area contributed by atoms with E-state index in [2.05, 4.69) is 5.32 Å². The summed E-state index contributed by atoms with van der Waals surface area (Å²) in [6.07, 6.45) is 0. The third-order valence-electron chi connectivity index (χ3n) is 4.31. The molecule has 0 unspecified atom stereocenters. The predicted molar refractivity (Wildman–Crippen MR) is 112 cm³/mol. The topological polar surface area (TPSA) is 85.6 Å². The van der Waals surface area contributed by atoms with Gasteiger partial charge in [0.1, 0.15) is 5.69 Å². The first-order valence-electron chi connectivity index (χ1n) is 8.78. The van der Waals surface area contributed by atoms with Crippen molar-refractivity contribution in [2.45, 2.75) is 6.92 Å². The van der Waals surface area contributed by atoms with E-state index in [0.29, 0.717) is 37.7 Å². The lowest BCUT2D eigenvalue weighted by Gasteiger charge is -2.23. The van der Waals surface area contributed by atoms with Crippen molar-refractivity contribution in [1.82, 2.24) is 13.7 Å². The van der Waals surface area contributed by atoms with Gasteiger partial charge in [-0.3, -0.25) is 19.1 Å². The molecule has 1 aliphatic heterocycles. The molecule has 1 aromatic heterocycles. The number of hydrogen-bond acceptors (Lipinski definition) is 7. The average Bonchev–Trinajstić information content (AvgIpc) is 2.91. The zero-order valence-corrected chi connectivity index (χ0v) is 17.3. The standard InChI is InChI=1S/C18H22N4O4S2/c1-13-16(17(24)22(20(13)2)14-6-4-3-5-7-14)19-15(23)12-27-18(25)28-21-8-10-26-11-9-21/h3-7H,8-12H2,1-2H3,(H,19,23). The van der Waals surface area contributed by atoms with Gasteiger partial charge in [-0.15, -0.1) is 0 Å². The van der Waals surface area contributed by atoms with E-state index in [4.69, 9.17) is 4.74 Å². The molecule has 8 nitrogen and oxygen atoms in total. The van der Waals surface area contributed by atoms with Crippen LogP contribution in [-0.4, -0.2) is 56.1 Å². The number of aromatic nitrogens is 2. The summed E-state index contributed by atoms with van der Waals surface area (Å²) in [5, 5.41) is 2.66. The Kier molecular flexibility index (Phi) is 7.00. The third kappa shape index (κ3) is 4.88. The highest BCUT2D eigenvalue weighted by atomic mass is 32.2. The number of amides is 1. The Morgan fingerprint density at radius 2 is 1.86 bits per heavy atom. The second-order valence-corrected chi connectivity index (χ2v) is 8.43. The Labute approximate surface area is 171 Å². The number of benzene rings is 1. The Morgan fingerprint density at radius 1 is 1.18 bits per heavy atom. The van der Waals surface area contributed by atoms with Gasteiger partial charge in [0, 0.05) is 32.1 Å². The van der Waals surface area contributed by atoms with Crippen LogP contribution in [-0.2, 0) is 16.6 Å². The molecule has 1 amide bonds. The molecule has 1 aromatic carbocycles. The zero-order valence-electron chi connectivity index (χ0n) is 15.7. The van der Waals surface area contributed by atoms with E-state index in [-0.39, 0.29) is 27.4 Å².